The second-order valence-electron chi connectivity index (χ2n) is 2.01. The summed E-state index contributed by atoms with van der Waals surface area (Å²) in [4.78, 5) is 0. The third-order valence-corrected chi connectivity index (χ3v) is 2.16. The van der Waals surface area contributed by atoms with Gasteiger partial charge in [-0.1, -0.05) is 0 Å². The van der Waals surface area contributed by atoms with Gasteiger partial charge in [0.1, 0.15) is 11.5 Å². The smallest absolute Gasteiger partial charge is 0.139 e. The molecule has 0 spiro atoms. The van der Waals surface area contributed by atoms with Crippen LogP contribution in [0.25, 0.3) is 0 Å². The molecule has 0 aliphatic rings. The van der Waals surface area contributed by atoms with Crippen LogP contribution in [-0.2, 0) is 0 Å². The van der Waals surface area contributed by atoms with Crippen LogP contribution in [0.3, 0.4) is 0 Å². The Bertz CT molecular complexity index is 275. The van der Waals surface area contributed by atoms with Crippen LogP contribution in [0.4, 0.5) is 5.69 Å². The van der Waals surface area contributed by atoms with Crippen LogP contribution >= 0.6 is 15.9 Å². The Kier molecular flexibility index (Phi) is 2.24. The SMILES string of the molecule is COc1ccc(O)c(N)c1Br. The van der Waals surface area contributed by atoms with Crippen LogP contribution in [0.1, 0.15) is 0 Å². The molecule has 0 bridgehead atoms. The Hall–Kier alpha value is -0.900. The fourth-order valence-electron chi connectivity index (χ4n) is 0.720. The van der Waals surface area contributed by atoms with Gasteiger partial charge >= 0.3 is 0 Å². The Morgan fingerprint density at radius 3 is 2.73 bits per heavy atom. The molecule has 0 fully saturated rings. The predicted molar refractivity (Wildman–Crippen MR) is 46.8 cm³/mol. The monoisotopic (exact) mass is 217 g/mol. The van der Waals surface area contributed by atoms with Crippen molar-refractivity contribution in [2.24, 2.45) is 0 Å². The summed E-state index contributed by atoms with van der Waals surface area (Å²) in [5.74, 6) is 0.665. The molecule has 0 aliphatic carbocycles. The van der Waals surface area contributed by atoms with Crippen LogP contribution in [0.15, 0.2) is 16.6 Å². The van der Waals surface area contributed by atoms with Crippen LogP contribution in [0, 0.1) is 0 Å². The molecule has 1 aromatic rings. The van der Waals surface area contributed by atoms with E-state index >= 15 is 0 Å². The summed E-state index contributed by atoms with van der Waals surface area (Å²) in [7, 11) is 1.54. The second-order valence-corrected chi connectivity index (χ2v) is 2.81. The Labute approximate surface area is 72.9 Å². The first-order valence-corrected chi connectivity index (χ1v) is 3.77. The number of nitrogens with two attached hydrogens (primary N) is 1. The van der Waals surface area contributed by atoms with Gasteiger partial charge in [-0.25, -0.2) is 0 Å². The van der Waals surface area contributed by atoms with Crippen molar-refractivity contribution in [2.45, 2.75) is 0 Å². The number of rotatable bonds is 1. The van der Waals surface area contributed by atoms with Crippen LogP contribution in [0.2, 0.25) is 0 Å². The quantitative estimate of drug-likeness (QED) is 0.557. The molecule has 3 N–H and O–H groups in total. The molecule has 0 unspecified atom stereocenters. The van der Waals surface area contributed by atoms with Gasteiger partial charge in [-0.2, -0.15) is 0 Å². The topological polar surface area (TPSA) is 55.5 Å². The van der Waals surface area contributed by atoms with Crippen molar-refractivity contribution in [3.05, 3.63) is 16.6 Å². The summed E-state index contributed by atoms with van der Waals surface area (Å²) in [5, 5.41) is 9.11. The number of nitrogen functional groups attached to an aromatic ring is 1. The molecule has 0 aliphatic heterocycles. The van der Waals surface area contributed by atoms with Gasteiger partial charge in [0.25, 0.3) is 0 Å². The van der Waals surface area contributed by atoms with E-state index in [1.165, 1.54) is 13.2 Å². The highest BCUT2D eigenvalue weighted by Gasteiger charge is 2.06. The van der Waals surface area contributed by atoms with Crippen molar-refractivity contribution in [3.63, 3.8) is 0 Å². The summed E-state index contributed by atoms with van der Waals surface area (Å²) in [6, 6.07) is 3.12. The first-order valence-electron chi connectivity index (χ1n) is 2.97. The number of anilines is 1. The van der Waals surface area contributed by atoms with E-state index in [1.54, 1.807) is 6.07 Å². The minimum absolute atomic E-state index is 0.0534. The van der Waals surface area contributed by atoms with Crippen molar-refractivity contribution in [2.75, 3.05) is 12.8 Å². The van der Waals surface area contributed by atoms with E-state index in [0.717, 1.165) is 0 Å². The average molecular weight is 218 g/mol. The van der Waals surface area contributed by atoms with E-state index in [1.807, 2.05) is 0 Å². The van der Waals surface area contributed by atoms with Gasteiger partial charge in [-0.3, -0.25) is 0 Å². The number of aromatic hydroxyl groups is 1. The van der Waals surface area contributed by atoms with Gasteiger partial charge < -0.3 is 15.6 Å². The van der Waals surface area contributed by atoms with Crippen LogP contribution in [-0.4, -0.2) is 12.2 Å². The van der Waals surface area contributed by atoms with Crippen LogP contribution in [0.5, 0.6) is 11.5 Å². The van der Waals surface area contributed by atoms with Crippen LogP contribution < -0.4 is 10.5 Å². The van der Waals surface area contributed by atoms with E-state index in [2.05, 4.69) is 15.9 Å². The van der Waals surface area contributed by atoms with Gasteiger partial charge in [0.05, 0.1) is 17.3 Å². The normalized spacial score (nSPS) is 9.64. The lowest BCUT2D eigenvalue weighted by Crippen LogP contribution is -1.91. The molecule has 1 aromatic carbocycles. The molecule has 0 amide bonds. The number of phenolic OH excluding ortho intramolecular Hbond substituents is 1. The maximum absolute atomic E-state index is 9.11. The van der Waals surface area contributed by atoms with Crippen molar-refractivity contribution in [3.8, 4) is 11.5 Å². The predicted octanol–water partition coefficient (Wildman–Crippen LogP) is 1.75. The van der Waals surface area contributed by atoms with E-state index in [0.29, 0.717) is 15.9 Å². The lowest BCUT2D eigenvalue weighted by atomic mass is 10.3. The van der Waals surface area contributed by atoms with Crippen molar-refractivity contribution in [1.29, 1.82) is 0 Å². The number of ether oxygens (including phenoxy) is 1. The number of methoxy groups -OCH3 is 1. The molecule has 0 saturated carbocycles. The van der Waals surface area contributed by atoms with E-state index in [4.69, 9.17) is 15.6 Å². The molecule has 11 heavy (non-hydrogen) atoms. The summed E-state index contributed by atoms with van der Waals surface area (Å²) in [5.41, 5.74) is 5.78. The lowest BCUT2D eigenvalue weighted by molar-refractivity contribution is 0.410. The van der Waals surface area contributed by atoms with Gasteiger partial charge in [0, 0.05) is 0 Å². The molecule has 60 valence electrons. The Morgan fingerprint density at radius 2 is 2.18 bits per heavy atom. The number of benzene rings is 1. The average Bonchev–Trinajstić information content (AvgIpc) is 2.01. The molecule has 0 heterocycles. The lowest BCUT2D eigenvalue weighted by Gasteiger charge is -2.06. The first-order chi connectivity index (χ1) is 5.16. The Balaban J connectivity index is 3.25. The van der Waals surface area contributed by atoms with Crippen molar-refractivity contribution in [1.82, 2.24) is 0 Å². The minimum atomic E-state index is 0.0534. The molecule has 0 aromatic heterocycles. The number of halogens is 1. The number of hydrogen-bond acceptors (Lipinski definition) is 3. The van der Waals surface area contributed by atoms with E-state index < -0.39 is 0 Å². The van der Waals surface area contributed by atoms with Gasteiger partial charge in [-0.05, 0) is 28.1 Å². The summed E-state index contributed by atoms with van der Waals surface area (Å²) < 4.78 is 5.53. The summed E-state index contributed by atoms with van der Waals surface area (Å²) in [6.07, 6.45) is 0. The maximum Gasteiger partial charge on any atom is 0.139 e. The largest absolute Gasteiger partial charge is 0.506 e. The van der Waals surface area contributed by atoms with E-state index in [9.17, 15) is 0 Å². The second kappa shape index (κ2) is 3.00. The zero-order chi connectivity index (χ0) is 8.43. The fourth-order valence-corrected chi connectivity index (χ4v) is 1.22. The first kappa shape index (κ1) is 8.20. The van der Waals surface area contributed by atoms with E-state index in [-0.39, 0.29) is 5.75 Å². The molecule has 0 atom stereocenters. The highest BCUT2D eigenvalue weighted by atomic mass is 79.9. The molecular weight excluding hydrogens is 210 g/mol. The zero-order valence-corrected chi connectivity index (χ0v) is 7.55. The standard InChI is InChI=1S/C7H8BrNO2/c1-11-5-3-2-4(10)7(9)6(5)8/h2-3,10H,9H2,1H3. The highest BCUT2D eigenvalue weighted by Crippen LogP contribution is 2.36. The molecule has 0 radical (unpaired) electrons. The fraction of sp³-hybridized carbons (Fsp3) is 0.143. The maximum atomic E-state index is 9.11. The van der Waals surface area contributed by atoms with Gasteiger partial charge in [-0.15, -0.1) is 0 Å². The summed E-state index contributed by atoms with van der Waals surface area (Å²) >= 11 is 3.18. The number of phenols is 1. The van der Waals surface area contributed by atoms with Crippen molar-refractivity contribution < 1.29 is 9.84 Å². The molecule has 3 nitrogen and oxygen atoms in total. The number of hydrogen-bond donors (Lipinski definition) is 2. The zero-order valence-electron chi connectivity index (χ0n) is 5.97. The van der Waals surface area contributed by atoms with Gasteiger partial charge in [0.2, 0.25) is 0 Å². The summed E-state index contributed by atoms with van der Waals surface area (Å²) in [6.45, 7) is 0. The third kappa shape index (κ3) is 1.40. The Morgan fingerprint density at radius 1 is 1.55 bits per heavy atom. The highest BCUT2D eigenvalue weighted by molar-refractivity contribution is 9.10. The van der Waals surface area contributed by atoms with Crippen molar-refractivity contribution >= 4 is 21.6 Å². The molecular formula is C7H8BrNO2. The molecule has 0 saturated heterocycles. The minimum Gasteiger partial charge on any atom is -0.506 e. The molecule has 1 rings (SSSR count). The van der Waals surface area contributed by atoms with Gasteiger partial charge in [0.15, 0.2) is 0 Å². The molecule has 4 heteroatoms. The third-order valence-electron chi connectivity index (χ3n) is 1.34.